The van der Waals surface area contributed by atoms with Gasteiger partial charge in [-0.15, -0.1) is 0 Å². The zero-order chi connectivity index (χ0) is 38.0. The molecule has 0 unspecified atom stereocenters. The number of fused-ring (bicyclic) bond motifs is 2. The third-order valence-electron chi connectivity index (χ3n) is 12.3. The first-order valence-corrected chi connectivity index (χ1v) is 25.3. The average molecular weight is 760 g/mol. The van der Waals surface area contributed by atoms with Crippen molar-refractivity contribution in [3.8, 4) is 0 Å². The maximum absolute atomic E-state index is 3.90. The Morgan fingerprint density at radius 3 is 1.11 bits per heavy atom. The minimum absolute atomic E-state index is 1.23. The van der Waals surface area contributed by atoms with Crippen LogP contribution in [0.2, 0.25) is 0 Å². The Morgan fingerprint density at radius 2 is 0.704 bits per heavy atom. The first-order chi connectivity index (χ1) is 26.8. The van der Waals surface area contributed by atoms with Gasteiger partial charge >= 0.3 is 0 Å². The number of hydrogen-bond donors (Lipinski definition) is 1. The van der Waals surface area contributed by atoms with E-state index in [1.54, 1.807) is 11.1 Å². The summed E-state index contributed by atoms with van der Waals surface area (Å²) in [6.45, 7) is 4.62. The molecule has 0 aliphatic carbocycles. The van der Waals surface area contributed by atoms with Crippen LogP contribution in [-0.4, -0.2) is 0 Å². The second-order valence-corrected chi connectivity index (χ2v) is 18.4. The van der Waals surface area contributed by atoms with Crippen molar-refractivity contribution in [2.45, 2.75) is 268 Å². The Labute approximate surface area is 342 Å². The van der Waals surface area contributed by atoms with Gasteiger partial charge in [0.15, 0.2) is 0 Å². The number of rotatable bonds is 38. The van der Waals surface area contributed by atoms with E-state index >= 15 is 0 Å². The highest BCUT2D eigenvalue weighted by Crippen LogP contribution is 2.46. The van der Waals surface area contributed by atoms with Crippen molar-refractivity contribution < 1.29 is 0 Å². The lowest BCUT2D eigenvalue weighted by Gasteiger charge is -2.25. The Kier molecular flexibility index (Phi) is 29.3. The fourth-order valence-electron chi connectivity index (χ4n) is 8.74. The summed E-state index contributed by atoms with van der Waals surface area (Å²) < 4.78 is 0. The Bertz CT molecular complexity index is 1140. The smallest absolute Gasteiger partial charge is 0.0561 e. The molecule has 0 bridgehead atoms. The fraction of sp³-hybridized carbons (Fsp3) is 0.769. The van der Waals surface area contributed by atoms with Crippen LogP contribution < -0.4 is 5.32 Å². The molecule has 308 valence electrons. The molecule has 0 spiro atoms. The first kappa shape index (κ1) is 47.0. The zero-order valence-corrected chi connectivity index (χ0v) is 37.1. The molecule has 2 heteroatoms. The van der Waals surface area contributed by atoms with Gasteiger partial charge in [0.05, 0.1) is 11.4 Å². The van der Waals surface area contributed by atoms with Gasteiger partial charge in [0.2, 0.25) is 0 Å². The van der Waals surface area contributed by atoms with Crippen molar-refractivity contribution in [1.82, 2.24) is 0 Å². The number of nitrogens with one attached hydrogen (secondary N) is 1. The molecule has 0 amide bonds. The largest absolute Gasteiger partial charge is 0.353 e. The monoisotopic (exact) mass is 760 g/mol. The minimum Gasteiger partial charge on any atom is -0.353 e. The third kappa shape index (κ3) is 22.4. The molecule has 0 saturated carbocycles. The van der Waals surface area contributed by atoms with Gasteiger partial charge in [-0.2, -0.15) is 0 Å². The topological polar surface area (TPSA) is 12.0 Å². The maximum atomic E-state index is 3.90. The summed E-state index contributed by atoms with van der Waals surface area (Å²) in [5.41, 5.74) is 5.95. The van der Waals surface area contributed by atoms with Crippen LogP contribution in [0.4, 0.5) is 11.4 Å². The quantitative estimate of drug-likeness (QED) is 0.0584. The van der Waals surface area contributed by atoms with Gasteiger partial charge in [-0.3, -0.25) is 0 Å². The molecule has 1 N–H and O–H groups in total. The van der Waals surface area contributed by atoms with Crippen molar-refractivity contribution in [2.75, 3.05) is 5.32 Å². The molecule has 0 atom stereocenters. The lowest BCUT2D eigenvalue weighted by atomic mass is 9.94. The first-order valence-electron chi connectivity index (χ1n) is 24.5. The van der Waals surface area contributed by atoms with Crippen LogP contribution in [0.1, 0.15) is 256 Å². The lowest BCUT2D eigenvalue weighted by molar-refractivity contribution is 0.524. The van der Waals surface area contributed by atoms with Crippen LogP contribution in [0.5, 0.6) is 0 Å². The molecule has 2 aromatic carbocycles. The second-order valence-electron chi connectivity index (χ2n) is 17.3. The molecule has 0 aromatic heterocycles. The van der Waals surface area contributed by atoms with Crippen molar-refractivity contribution in [1.29, 1.82) is 0 Å². The van der Waals surface area contributed by atoms with Crippen molar-refractivity contribution in [3.05, 3.63) is 47.5 Å². The van der Waals surface area contributed by atoms with E-state index < -0.39 is 0 Å². The minimum atomic E-state index is 1.23. The van der Waals surface area contributed by atoms with Crippen LogP contribution in [0, 0.1) is 0 Å². The molecule has 0 fully saturated rings. The van der Waals surface area contributed by atoms with Crippen molar-refractivity contribution in [3.63, 3.8) is 0 Å². The summed E-state index contributed by atoms with van der Waals surface area (Å²) in [7, 11) is 0. The summed E-state index contributed by atoms with van der Waals surface area (Å²) in [5, 5.41) is 3.90. The van der Waals surface area contributed by atoms with Gasteiger partial charge in [-0.1, -0.05) is 262 Å². The van der Waals surface area contributed by atoms with Crippen LogP contribution in [0.25, 0.3) is 0 Å². The predicted octanol–water partition coefficient (Wildman–Crippen LogP) is 19.1. The molecular formula is C52H89NS. The van der Waals surface area contributed by atoms with E-state index in [2.05, 4.69) is 55.6 Å². The fourth-order valence-corrected chi connectivity index (χ4v) is 9.77. The summed E-state index contributed by atoms with van der Waals surface area (Å²) in [4.78, 5) is 2.79. The summed E-state index contributed by atoms with van der Waals surface area (Å²) in [6.07, 6.45) is 54.4. The highest BCUT2D eigenvalue weighted by Gasteiger charge is 2.20. The molecule has 1 aliphatic heterocycles. The summed E-state index contributed by atoms with van der Waals surface area (Å²) >= 11 is 1.96. The molecular weight excluding hydrogens is 671 g/mol. The van der Waals surface area contributed by atoms with E-state index in [9.17, 15) is 0 Å². The number of benzene rings is 2. The number of aryl methyl sites for hydroxylation is 1. The van der Waals surface area contributed by atoms with Gasteiger partial charge < -0.3 is 5.32 Å². The Hall–Kier alpha value is -1.41. The van der Waals surface area contributed by atoms with E-state index in [0.29, 0.717) is 0 Å². The molecule has 1 heterocycles. The van der Waals surface area contributed by atoms with Crippen LogP contribution >= 0.6 is 11.8 Å². The van der Waals surface area contributed by atoms with Crippen molar-refractivity contribution in [2.24, 2.45) is 0 Å². The van der Waals surface area contributed by atoms with Gasteiger partial charge in [0.1, 0.15) is 0 Å². The van der Waals surface area contributed by atoms with E-state index in [-0.39, 0.29) is 0 Å². The third-order valence-corrected chi connectivity index (χ3v) is 13.5. The normalized spacial score (nSPS) is 12.2. The highest BCUT2D eigenvalue weighted by molar-refractivity contribution is 7.99. The number of anilines is 2. The Balaban J connectivity index is 1.23. The summed E-state index contributed by atoms with van der Waals surface area (Å²) in [6, 6.07) is 13.8. The molecule has 0 radical (unpaired) electrons. The number of para-hydroxylation sites is 1. The average Bonchev–Trinajstić information content (AvgIpc) is 3.19. The lowest BCUT2D eigenvalue weighted by Crippen LogP contribution is -2.07. The molecule has 2 aromatic rings. The number of hydrogen-bond acceptors (Lipinski definition) is 2. The van der Waals surface area contributed by atoms with Crippen molar-refractivity contribution >= 4 is 23.1 Å². The SMILES string of the molecule is CCCCCCCCCCCCCCCCCCCCc1ccc2c(c1CCCCCCCCCCCCCCCCCCCC)Nc1ccccc1S2. The van der Waals surface area contributed by atoms with Crippen LogP contribution in [-0.2, 0) is 12.8 Å². The maximum Gasteiger partial charge on any atom is 0.0561 e. The van der Waals surface area contributed by atoms with Crippen LogP contribution in [0.3, 0.4) is 0 Å². The van der Waals surface area contributed by atoms with Gasteiger partial charge in [-0.25, -0.2) is 0 Å². The van der Waals surface area contributed by atoms with Gasteiger partial charge in [0, 0.05) is 9.79 Å². The summed E-state index contributed by atoms with van der Waals surface area (Å²) in [5.74, 6) is 0. The molecule has 3 rings (SSSR count). The zero-order valence-electron chi connectivity index (χ0n) is 36.2. The van der Waals surface area contributed by atoms with Crippen LogP contribution in [0.15, 0.2) is 46.2 Å². The van der Waals surface area contributed by atoms with E-state index in [1.807, 2.05) is 11.8 Å². The standard InChI is InChI=1S/C52H89NS/c1-3-5-7-9-11-13-15-17-19-21-23-25-27-29-31-33-35-37-41-47-45-46-51-52(53-49-43-39-40-44-50(49)54-51)48(47)42-38-36-34-32-30-28-26-24-22-20-18-16-14-12-10-8-6-4-2/h39-40,43-46,53H,3-38,41-42H2,1-2H3. The van der Waals surface area contributed by atoms with E-state index in [1.165, 1.54) is 265 Å². The molecule has 1 nitrogen and oxygen atoms in total. The van der Waals surface area contributed by atoms with E-state index in [0.717, 1.165) is 0 Å². The highest BCUT2D eigenvalue weighted by atomic mass is 32.2. The Morgan fingerprint density at radius 1 is 0.352 bits per heavy atom. The molecule has 0 saturated heterocycles. The molecule has 1 aliphatic rings. The predicted molar refractivity (Wildman–Crippen MR) is 245 cm³/mol. The second kappa shape index (κ2) is 33.7. The molecule has 54 heavy (non-hydrogen) atoms. The van der Waals surface area contributed by atoms with Gasteiger partial charge in [0.25, 0.3) is 0 Å². The van der Waals surface area contributed by atoms with Gasteiger partial charge in [-0.05, 0) is 55.0 Å². The van der Waals surface area contributed by atoms with E-state index in [4.69, 9.17) is 0 Å². The number of unbranched alkanes of at least 4 members (excludes halogenated alkanes) is 34.